The Bertz CT molecular complexity index is 215. The van der Waals surface area contributed by atoms with Gasteiger partial charge in [0.2, 0.25) is 0 Å². The van der Waals surface area contributed by atoms with Crippen molar-refractivity contribution in [3.63, 3.8) is 0 Å². The van der Waals surface area contributed by atoms with Gasteiger partial charge in [-0.3, -0.25) is 0 Å². The molecule has 0 bridgehead atoms. The number of rotatable bonds is 6. The SMILES string of the molecule is CC(CN1CCCC1)NC(C1CC1)C1CC1. The van der Waals surface area contributed by atoms with Crippen molar-refractivity contribution in [2.45, 2.75) is 57.5 Å². The van der Waals surface area contributed by atoms with E-state index in [2.05, 4.69) is 17.1 Å². The molecular weight excluding hydrogens is 196 g/mol. The molecule has 0 radical (unpaired) electrons. The second-order valence-corrected chi connectivity index (χ2v) is 6.28. The van der Waals surface area contributed by atoms with Crippen LogP contribution in [0.4, 0.5) is 0 Å². The lowest BCUT2D eigenvalue weighted by Gasteiger charge is -2.26. The van der Waals surface area contributed by atoms with Crippen molar-refractivity contribution in [1.29, 1.82) is 0 Å². The Labute approximate surface area is 99.8 Å². The van der Waals surface area contributed by atoms with Crippen molar-refractivity contribution in [2.75, 3.05) is 19.6 Å². The summed E-state index contributed by atoms with van der Waals surface area (Å²) in [6, 6.07) is 1.57. The van der Waals surface area contributed by atoms with E-state index in [9.17, 15) is 0 Å². The van der Waals surface area contributed by atoms with Crippen molar-refractivity contribution in [3.05, 3.63) is 0 Å². The maximum atomic E-state index is 3.93. The first-order valence-electron chi connectivity index (χ1n) is 7.31. The summed E-state index contributed by atoms with van der Waals surface area (Å²) < 4.78 is 0. The maximum absolute atomic E-state index is 3.93. The maximum Gasteiger partial charge on any atom is 0.0169 e. The number of hydrogen-bond acceptors (Lipinski definition) is 2. The van der Waals surface area contributed by atoms with Gasteiger partial charge in [0.15, 0.2) is 0 Å². The van der Waals surface area contributed by atoms with Crippen LogP contribution in [0.25, 0.3) is 0 Å². The van der Waals surface area contributed by atoms with Crippen molar-refractivity contribution in [1.82, 2.24) is 10.2 Å². The summed E-state index contributed by atoms with van der Waals surface area (Å²) >= 11 is 0. The van der Waals surface area contributed by atoms with Gasteiger partial charge < -0.3 is 10.2 Å². The van der Waals surface area contributed by atoms with Crippen LogP contribution in [0.3, 0.4) is 0 Å². The Balaban J connectivity index is 1.44. The molecular formula is C14H26N2. The zero-order valence-corrected chi connectivity index (χ0v) is 10.6. The quantitative estimate of drug-likeness (QED) is 0.741. The number of nitrogens with one attached hydrogen (secondary N) is 1. The summed E-state index contributed by atoms with van der Waals surface area (Å²) in [6.07, 6.45) is 8.80. The number of likely N-dealkylation sites (tertiary alicyclic amines) is 1. The molecule has 1 heterocycles. The van der Waals surface area contributed by atoms with Gasteiger partial charge in [0.05, 0.1) is 0 Å². The average molecular weight is 222 g/mol. The van der Waals surface area contributed by atoms with E-state index in [0.717, 1.165) is 17.9 Å². The van der Waals surface area contributed by atoms with E-state index in [1.54, 1.807) is 0 Å². The lowest BCUT2D eigenvalue weighted by atomic mass is 10.1. The van der Waals surface area contributed by atoms with E-state index in [1.807, 2.05) is 0 Å². The highest BCUT2D eigenvalue weighted by atomic mass is 15.2. The molecule has 2 saturated carbocycles. The summed E-state index contributed by atoms with van der Waals surface area (Å²) in [7, 11) is 0. The van der Waals surface area contributed by atoms with Crippen molar-refractivity contribution in [3.8, 4) is 0 Å². The molecule has 2 heteroatoms. The molecule has 0 aromatic heterocycles. The van der Waals surface area contributed by atoms with E-state index in [4.69, 9.17) is 0 Å². The fourth-order valence-electron chi connectivity index (χ4n) is 3.30. The van der Waals surface area contributed by atoms with E-state index in [0.29, 0.717) is 6.04 Å². The van der Waals surface area contributed by atoms with Crippen LogP contribution in [0.5, 0.6) is 0 Å². The van der Waals surface area contributed by atoms with E-state index in [1.165, 1.54) is 58.2 Å². The van der Waals surface area contributed by atoms with Crippen LogP contribution in [0.15, 0.2) is 0 Å². The van der Waals surface area contributed by atoms with Gasteiger partial charge in [0.1, 0.15) is 0 Å². The smallest absolute Gasteiger partial charge is 0.0169 e. The van der Waals surface area contributed by atoms with Gasteiger partial charge in [0, 0.05) is 18.6 Å². The predicted octanol–water partition coefficient (Wildman–Crippen LogP) is 2.25. The minimum absolute atomic E-state index is 0.698. The van der Waals surface area contributed by atoms with Crippen LogP contribution in [0.1, 0.15) is 45.4 Å². The molecule has 3 aliphatic rings. The van der Waals surface area contributed by atoms with E-state index >= 15 is 0 Å². The van der Waals surface area contributed by atoms with Gasteiger partial charge in [-0.1, -0.05) is 0 Å². The minimum Gasteiger partial charge on any atom is -0.310 e. The van der Waals surface area contributed by atoms with Gasteiger partial charge in [-0.15, -0.1) is 0 Å². The molecule has 1 saturated heterocycles. The molecule has 2 nitrogen and oxygen atoms in total. The zero-order chi connectivity index (χ0) is 11.0. The summed E-state index contributed by atoms with van der Waals surface area (Å²) in [4.78, 5) is 2.63. The van der Waals surface area contributed by atoms with Gasteiger partial charge in [0.25, 0.3) is 0 Å². The van der Waals surface area contributed by atoms with Crippen molar-refractivity contribution in [2.24, 2.45) is 11.8 Å². The third kappa shape index (κ3) is 2.78. The summed E-state index contributed by atoms with van der Waals surface area (Å²) in [5.74, 6) is 2.07. The topological polar surface area (TPSA) is 15.3 Å². The Morgan fingerprint density at radius 3 is 2.12 bits per heavy atom. The molecule has 16 heavy (non-hydrogen) atoms. The van der Waals surface area contributed by atoms with Gasteiger partial charge in [-0.25, -0.2) is 0 Å². The van der Waals surface area contributed by atoms with E-state index in [-0.39, 0.29) is 0 Å². The van der Waals surface area contributed by atoms with Crippen molar-refractivity contribution < 1.29 is 0 Å². The van der Waals surface area contributed by atoms with Gasteiger partial charge in [-0.2, -0.15) is 0 Å². The van der Waals surface area contributed by atoms with Crippen molar-refractivity contribution >= 4 is 0 Å². The molecule has 1 aliphatic heterocycles. The first-order valence-corrected chi connectivity index (χ1v) is 7.31. The Morgan fingerprint density at radius 1 is 1.06 bits per heavy atom. The van der Waals surface area contributed by atoms with Crippen LogP contribution in [0, 0.1) is 11.8 Å². The second-order valence-electron chi connectivity index (χ2n) is 6.28. The third-order valence-corrected chi connectivity index (χ3v) is 4.47. The fourth-order valence-corrected chi connectivity index (χ4v) is 3.30. The molecule has 3 rings (SSSR count). The van der Waals surface area contributed by atoms with E-state index < -0.39 is 0 Å². The summed E-state index contributed by atoms with van der Waals surface area (Å²) in [5.41, 5.74) is 0. The molecule has 3 fully saturated rings. The van der Waals surface area contributed by atoms with Crippen LogP contribution in [0.2, 0.25) is 0 Å². The summed E-state index contributed by atoms with van der Waals surface area (Å²) in [6.45, 7) is 6.33. The summed E-state index contributed by atoms with van der Waals surface area (Å²) in [5, 5.41) is 3.93. The second kappa shape index (κ2) is 4.66. The molecule has 92 valence electrons. The van der Waals surface area contributed by atoms with Crippen LogP contribution < -0.4 is 5.32 Å². The largest absolute Gasteiger partial charge is 0.310 e. The Morgan fingerprint density at radius 2 is 1.62 bits per heavy atom. The molecule has 0 aromatic carbocycles. The monoisotopic (exact) mass is 222 g/mol. The molecule has 1 N–H and O–H groups in total. The molecule has 0 amide bonds. The molecule has 1 atom stereocenters. The van der Waals surface area contributed by atoms with Gasteiger partial charge >= 0.3 is 0 Å². The first-order chi connectivity index (χ1) is 7.83. The highest BCUT2D eigenvalue weighted by Crippen LogP contribution is 2.44. The Hall–Kier alpha value is -0.0800. The molecule has 1 unspecified atom stereocenters. The number of nitrogens with zero attached hydrogens (tertiary/aromatic N) is 1. The number of hydrogen-bond donors (Lipinski definition) is 1. The lowest BCUT2D eigenvalue weighted by Crippen LogP contribution is -2.45. The van der Waals surface area contributed by atoms with Crippen LogP contribution >= 0.6 is 0 Å². The standard InChI is InChI=1S/C14H26N2/c1-11(10-16-8-2-3-9-16)15-14(12-4-5-12)13-6-7-13/h11-15H,2-10H2,1H3. The molecule has 0 spiro atoms. The third-order valence-electron chi connectivity index (χ3n) is 4.47. The fraction of sp³-hybridized carbons (Fsp3) is 1.00. The average Bonchev–Trinajstić information content (AvgIpc) is 3.17. The minimum atomic E-state index is 0.698. The van der Waals surface area contributed by atoms with Gasteiger partial charge in [-0.05, 0) is 70.4 Å². The molecule has 0 aromatic rings. The van der Waals surface area contributed by atoms with Crippen LogP contribution in [-0.4, -0.2) is 36.6 Å². The highest BCUT2D eigenvalue weighted by Gasteiger charge is 2.41. The zero-order valence-electron chi connectivity index (χ0n) is 10.6. The predicted molar refractivity (Wildman–Crippen MR) is 67.5 cm³/mol. The first kappa shape index (κ1) is 11.0. The van der Waals surface area contributed by atoms with Crippen LogP contribution in [-0.2, 0) is 0 Å². The highest BCUT2D eigenvalue weighted by molar-refractivity contribution is 4.97. The Kier molecular flexibility index (Phi) is 3.21. The lowest BCUT2D eigenvalue weighted by molar-refractivity contribution is 0.271. The molecule has 2 aliphatic carbocycles. The normalized spacial score (nSPS) is 28.9.